The van der Waals surface area contributed by atoms with Crippen molar-refractivity contribution in [1.29, 1.82) is 0 Å². The van der Waals surface area contributed by atoms with E-state index < -0.39 is 0 Å². The lowest BCUT2D eigenvalue weighted by atomic mass is 10.1. The molecule has 0 atom stereocenters. The predicted octanol–water partition coefficient (Wildman–Crippen LogP) is 2.03. The van der Waals surface area contributed by atoms with Crippen molar-refractivity contribution in [3.63, 3.8) is 0 Å². The van der Waals surface area contributed by atoms with Crippen LogP contribution >= 0.6 is 0 Å². The third kappa shape index (κ3) is 5.27. The molecular weight excluding hydrogens is 318 g/mol. The number of carbonyl (C=O) groups excluding carboxylic acids is 1. The number of nitrogens with zero attached hydrogens (tertiary/aromatic N) is 3. The van der Waals surface area contributed by atoms with E-state index in [1.165, 1.54) is 0 Å². The second-order valence-corrected chi connectivity index (χ2v) is 5.97. The highest BCUT2D eigenvalue weighted by Crippen LogP contribution is 2.14. The Labute approximate surface area is 147 Å². The molecule has 0 N–H and O–H groups in total. The van der Waals surface area contributed by atoms with Gasteiger partial charge in [-0.25, -0.2) is 0 Å². The van der Waals surface area contributed by atoms with Crippen LogP contribution in [0.25, 0.3) is 6.08 Å². The number of aromatic nitrogens is 2. The molecule has 1 aliphatic rings. The van der Waals surface area contributed by atoms with Gasteiger partial charge < -0.3 is 9.47 Å². The average molecular weight is 341 g/mol. The van der Waals surface area contributed by atoms with Gasteiger partial charge in [-0.05, 0) is 23.8 Å². The topological polar surface area (TPSA) is 56.6 Å². The number of morpholine rings is 1. The van der Waals surface area contributed by atoms with E-state index in [0.717, 1.165) is 44.2 Å². The molecular formula is C19H23N3O3. The Bertz CT molecular complexity index is 716. The molecule has 1 aromatic carbocycles. The molecule has 1 aliphatic heterocycles. The van der Waals surface area contributed by atoms with Crippen molar-refractivity contribution < 1.29 is 14.3 Å². The second-order valence-electron chi connectivity index (χ2n) is 5.97. The summed E-state index contributed by atoms with van der Waals surface area (Å²) in [5.41, 5.74) is 1.54. The molecule has 3 rings (SSSR count). The monoisotopic (exact) mass is 341 g/mol. The van der Waals surface area contributed by atoms with Gasteiger partial charge in [0.05, 0.1) is 25.0 Å². The molecule has 1 fully saturated rings. The fourth-order valence-corrected chi connectivity index (χ4v) is 2.61. The maximum absolute atomic E-state index is 12.0. The molecule has 6 heteroatoms. The highest BCUT2D eigenvalue weighted by atomic mass is 16.5. The zero-order chi connectivity index (χ0) is 17.5. The number of allylic oxidation sites excluding steroid dienone is 1. The first-order valence-corrected chi connectivity index (χ1v) is 8.45. The summed E-state index contributed by atoms with van der Waals surface area (Å²) in [5.74, 6) is 0.780. The summed E-state index contributed by atoms with van der Waals surface area (Å²) in [7, 11) is 1.79. The largest absolute Gasteiger partial charge is 0.492 e. The van der Waals surface area contributed by atoms with E-state index >= 15 is 0 Å². The second kappa shape index (κ2) is 8.60. The van der Waals surface area contributed by atoms with Crippen LogP contribution in [-0.4, -0.2) is 59.9 Å². The zero-order valence-electron chi connectivity index (χ0n) is 14.4. The van der Waals surface area contributed by atoms with Gasteiger partial charge in [-0.1, -0.05) is 18.2 Å². The first kappa shape index (κ1) is 17.4. The molecule has 0 aliphatic carbocycles. The summed E-state index contributed by atoms with van der Waals surface area (Å²) in [6.45, 7) is 5.12. The van der Waals surface area contributed by atoms with Gasteiger partial charge in [-0.3, -0.25) is 14.4 Å². The van der Waals surface area contributed by atoms with Gasteiger partial charge in [0.2, 0.25) is 0 Å². The number of ketones is 1. The van der Waals surface area contributed by atoms with Crippen LogP contribution < -0.4 is 4.74 Å². The maximum Gasteiger partial charge on any atom is 0.189 e. The van der Waals surface area contributed by atoms with E-state index in [0.29, 0.717) is 12.2 Å². The third-order valence-corrected chi connectivity index (χ3v) is 4.08. The fourth-order valence-electron chi connectivity index (χ4n) is 2.61. The maximum atomic E-state index is 12.0. The lowest BCUT2D eigenvalue weighted by Gasteiger charge is -2.26. The minimum absolute atomic E-state index is 0.0565. The van der Waals surface area contributed by atoms with E-state index in [9.17, 15) is 4.79 Å². The highest BCUT2D eigenvalue weighted by molar-refractivity contribution is 6.06. The van der Waals surface area contributed by atoms with Gasteiger partial charge in [-0.2, -0.15) is 5.10 Å². The number of hydrogen-bond donors (Lipinski definition) is 0. The van der Waals surface area contributed by atoms with E-state index in [1.54, 1.807) is 36.3 Å². The number of benzene rings is 1. The number of aryl methyl sites for hydroxylation is 1. The van der Waals surface area contributed by atoms with E-state index in [-0.39, 0.29) is 5.78 Å². The summed E-state index contributed by atoms with van der Waals surface area (Å²) >= 11 is 0. The van der Waals surface area contributed by atoms with Crippen molar-refractivity contribution in [2.75, 3.05) is 39.5 Å². The van der Waals surface area contributed by atoms with Crippen LogP contribution in [0.1, 0.15) is 15.9 Å². The molecule has 1 aromatic heterocycles. The Morgan fingerprint density at radius 2 is 2.04 bits per heavy atom. The van der Waals surface area contributed by atoms with Gasteiger partial charge in [-0.15, -0.1) is 0 Å². The van der Waals surface area contributed by atoms with Crippen molar-refractivity contribution in [1.82, 2.24) is 14.7 Å². The number of ether oxygens (including phenoxy) is 2. The lowest BCUT2D eigenvalue weighted by Crippen LogP contribution is -2.38. The van der Waals surface area contributed by atoms with Crippen LogP contribution in [0.5, 0.6) is 5.75 Å². The Morgan fingerprint density at radius 3 is 2.72 bits per heavy atom. The SMILES string of the molecule is Cn1cc(C(=O)/C=C/c2ccc(OCCN3CCOCC3)cc2)cn1. The van der Waals surface area contributed by atoms with Crippen LogP contribution in [0.4, 0.5) is 0 Å². The molecule has 0 saturated carbocycles. The molecule has 0 unspecified atom stereocenters. The number of hydrogen-bond acceptors (Lipinski definition) is 5. The van der Waals surface area contributed by atoms with Crippen LogP contribution in [0.2, 0.25) is 0 Å². The lowest BCUT2D eigenvalue weighted by molar-refractivity contribution is 0.0322. The minimum atomic E-state index is -0.0565. The van der Waals surface area contributed by atoms with Crippen molar-refractivity contribution >= 4 is 11.9 Å². The fraction of sp³-hybridized carbons (Fsp3) is 0.368. The molecule has 132 valence electrons. The van der Waals surface area contributed by atoms with Crippen LogP contribution in [0.15, 0.2) is 42.7 Å². The van der Waals surface area contributed by atoms with Gasteiger partial charge >= 0.3 is 0 Å². The minimum Gasteiger partial charge on any atom is -0.492 e. The molecule has 0 radical (unpaired) electrons. The molecule has 0 bridgehead atoms. The summed E-state index contributed by atoms with van der Waals surface area (Å²) in [6.07, 6.45) is 6.63. The molecule has 0 amide bonds. The summed E-state index contributed by atoms with van der Waals surface area (Å²) < 4.78 is 12.7. The van der Waals surface area contributed by atoms with Crippen molar-refractivity contribution in [3.8, 4) is 5.75 Å². The molecule has 0 spiro atoms. The average Bonchev–Trinajstić information content (AvgIpc) is 3.08. The Morgan fingerprint density at radius 1 is 1.28 bits per heavy atom. The zero-order valence-corrected chi connectivity index (χ0v) is 14.4. The Hall–Kier alpha value is -2.44. The summed E-state index contributed by atoms with van der Waals surface area (Å²) in [4.78, 5) is 14.3. The Kier molecular flexibility index (Phi) is 5.98. The summed E-state index contributed by atoms with van der Waals surface area (Å²) in [5, 5.41) is 4.00. The first-order valence-electron chi connectivity index (χ1n) is 8.45. The van der Waals surface area contributed by atoms with Crippen LogP contribution in [0, 0.1) is 0 Å². The smallest absolute Gasteiger partial charge is 0.189 e. The van der Waals surface area contributed by atoms with E-state index in [1.807, 2.05) is 24.3 Å². The van der Waals surface area contributed by atoms with Gasteiger partial charge in [0.15, 0.2) is 5.78 Å². The van der Waals surface area contributed by atoms with E-state index in [4.69, 9.17) is 9.47 Å². The van der Waals surface area contributed by atoms with Gasteiger partial charge in [0, 0.05) is 32.9 Å². The van der Waals surface area contributed by atoms with Crippen molar-refractivity contribution in [2.45, 2.75) is 0 Å². The Balaban J connectivity index is 1.46. The first-order chi connectivity index (χ1) is 12.2. The van der Waals surface area contributed by atoms with Crippen molar-refractivity contribution in [2.24, 2.45) is 7.05 Å². The molecule has 6 nitrogen and oxygen atoms in total. The molecule has 1 saturated heterocycles. The normalized spacial score (nSPS) is 15.6. The van der Waals surface area contributed by atoms with E-state index in [2.05, 4.69) is 10.00 Å². The van der Waals surface area contributed by atoms with Crippen LogP contribution in [0.3, 0.4) is 0 Å². The highest BCUT2D eigenvalue weighted by Gasteiger charge is 2.09. The quantitative estimate of drug-likeness (QED) is 0.570. The molecule has 25 heavy (non-hydrogen) atoms. The van der Waals surface area contributed by atoms with Crippen molar-refractivity contribution in [3.05, 3.63) is 53.9 Å². The van der Waals surface area contributed by atoms with Gasteiger partial charge in [0.25, 0.3) is 0 Å². The molecule has 2 heterocycles. The number of rotatable bonds is 7. The standard InChI is InChI=1S/C19H23N3O3/c1-21-15-17(14-20-21)19(23)7-4-16-2-5-18(6-3-16)25-13-10-22-8-11-24-12-9-22/h2-7,14-15H,8-13H2,1H3/b7-4+. The van der Waals surface area contributed by atoms with Crippen LogP contribution in [-0.2, 0) is 11.8 Å². The predicted molar refractivity (Wildman–Crippen MR) is 95.8 cm³/mol. The van der Waals surface area contributed by atoms with Gasteiger partial charge in [0.1, 0.15) is 12.4 Å². The molecule has 2 aromatic rings. The third-order valence-electron chi connectivity index (χ3n) is 4.08. The number of carbonyl (C=O) groups is 1. The summed E-state index contributed by atoms with van der Waals surface area (Å²) in [6, 6.07) is 7.73.